The average Bonchev–Trinajstić information content (AvgIpc) is 2.51. The average molecular weight is 200 g/mol. The van der Waals surface area contributed by atoms with Crippen LogP contribution in [0.1, 0.15) is 40.0 Å². The van der Waals surface area contributed by atoms with Crippen molar-refractivity contribution >= 4 is 0 Å². The van der Waals surface area contributed by atoms with Gasteiger partial charge in [-0.05, 0) is 46.6 Å². The summed E-state index contributed by atoms with van der Waals surface area (Å²) in [5, 5.41) is 9.11. The summed E-state index contributed by atoms with van der Waals surface area (Å²) in [5.74, 6) is 0. The predicted octanol–water partition coefficient (Wildman–Crippen LogP) is 0.959. The minimum atomic E-state index is -0.429. The zero-order valence-electron chi connectivity index (χ0n) is 9.66. The van der Waals surface area contributed by atoms with Crippen molar-refractivity contribution in [2.45, 2.75) is 57.7 Å². The molecular weight excluding hydrogens is 176 g/mol. The topological polar surface area (TPSA) is 49.5 Å². The van der Waals surface area contributed by atoms with Crippen molar-refractivity contribution in [3.63, 3.8) is 0 Å². The molecule has 1 fully saturated rings. The highest BCUT2D eigenvalue weighted by atomic mass is 16.3. The highest BCUT2D eigenvalue weighted by molar-refractivity contribution is 4.87. The minimum absolute atomic E-state index is 0.0690. The Labute approximate surface area is 87.3 Å². The lowest BCUT2D eigenvalue weighted by Crippen LogP contribution is -2.47. The largest absolute Gasteiger partial charge is 0.394 e. The van der Waals surface area contributed by atoms with Crippen molar-refractivity contribution in [2.75, 3.05) is 13.2 Å². The third kappa shape index (κ3) is 2.94. The van der Waals surface area contributed by atoms with Crippen molar-refractivity contribution in [1.82, 2.24) is 4.90 Å². The fraction of sp³-hybridized carbons (Fsp3) is 1.00. The van der Waals surface area contributed by atoms with Crippen LogP contribution in [0.25, 0.3) is 0 Å². The van der Waals surface area contributed by atoms with E-state index in [2.05, 4.69) is 18.7 Å². The smallest absolute Gasteiger partial charge is 0.0609 e. The molecule has 0 aromatic heterocycles. The first-order valence-electron chi connectivity index (χ1n) is 5.62. The molecule has 1 saturated heterocycles. The number of hydrogen-bond donors (Lipinski definition) is 2. The van der Waals surface area contributed by atoms with E-state index in [1.165, 1.54) is 19.4 Å². The molecule has 84 valence electrons. The summed E-state index contributed by atoms with van der Waals surface area (Å²) in [6.07, 6.45) is 3.46. The van der Waals surface area contributed by atoms with Gasteiger partial charge in [0, 0.05) is 17.6 Å². The lowest BCUT2D eigenvalue weighted by atomic mass is 9.95. The Morgan fingerprint density at radius 2 is 2.29 bits per heavy atom. The van der Waals surface area contributed by atoms with E-state index >= 15 is 0 Å². The summed E-state index contributed by atoms with van der Waals surface area (Å²) in [7, 11) is 0. The molecule has 14 heavy (non-hydrogen) atoms. The molecule has 0 aromatic rings. The summed E-state index contributed by atoms with van der Waals surface area (Å²) in [4.78, 5) is 2.50. The van der Waals surface area contributed by atoms with E-state index in [0.29, 0.717) is 12.1 Å². The summed E-state index contributed by atoms with van der Waals surface area (Å²) in [5.41, 5.74) is 5.52. The lowest BCUT2D eigenvalue weighted by Gasteiger charge is -2.34. The fourth-order valence-corrected chi connectivity index (χ4v) is 2.47. The maximum Gasteiger partial charge on any atom is 0.0609 e. The number of rotatable bonds is 4. The van der Waals surface area contributed by atoms with Gasteiger partial charge in [-0.3, -0.25) is 4.90 Å². The Hall–Kier alpha value is -0.120. The molecule has 1 aliphatic rings. The van der Waals surface area contributed by atoms with Crippen LogP contribution in [0, 0.1) is 0 Å². The molecular formula is C11H24N2O. The fourth-order valence-electron chi connectivity index (χ4n) is 2.47. The monoisotopic (exact) mass is 200 g/mol. The number of aliphatic hydroxyl groups is 1. The highest BCUT2D eigenvalue weighted by Gasteiger charge is 2.29. The van der Waals surface area contributed by atoms with Gasteiger partial charge in [0.1, 0.15) is 0 Å². The van der Waals surface area contributed by atoms with Crippen LogP contribution in [0.2, 0.25) is 0 Å². The second kappa shape index (κ2) is 4.60. The van der Waals surface area contributed by atoms with Crippen molar-refractivity contribution in [3.05, 3.63) is 0 Å². The van der Waals surface area contributed by atoms with E-state index in [0.717, 1.165) is 6.42 Å². The Balaban J connectivity index is 2.45. The van der Waals surface area contributed by atoms with Gasteiger partial charge in [-0.1, -0.05) is 0 Å². The standard InChI is InChI=1S/C11H24N2O/c1-9-5-4-6-13(9)10(2)7-11(3,12)8-14/h9-10,14H,4-8,12H2,1-3H3. The molecule has 1 rings (SSSR count). The van der Waals surface area contributed by atoms with Crippen LogP contribution >= 0.6 is 0 Å². The zero-order chi connectivity index (χ0) is 10.8. The molecule has 0 aliphatic carbocycles. The molecule has 1 aliphatic heterocycles. The van der Waals surface area contributed by atoms with Gasteiger partial charge in [-0.15, -0.1) is 0 Å². The molecule has 3 heteroatoms. The molecule has 0 aromatic carbocycles. The lowest BCUT2D eigenvalue weighted by molar-refractivity contribution is 0.133. The number of aliphatic hydroxyl groups excluding tert-OH is 1. The molecule has 3 unspecified atom stereocenters. The van der Waals surface area contributed by atoms with Crippen LogP contribution < -0.4 is 5.73 Å². The number of likely N-dealkylation sites (tertiary alicyclic amines) is 1. The maximum atomic E-state index is 9.11. The third-order valence-electron chi connectivity index (χ3n) is 3.29. The van der Waals surface area contributed by atoms with Crippen molar-refractivity contribution in [3.8, 4) is 0 Å². The summed E-state index contributed by atoms with van der Waals surface area (Å²) in [6, 6.07) is 1.16. The maximum absolute atomic E-state index is 9.11. The van der Waals surface area contributed by atoms with Crippen LogP contribution in [0.15, 0.2) is 0 Å². The van der Waals surface area contributed by atoms with Gasteiger partial charge in [0.25, 0.3) is 0 Å². The number of hydrogen-bond acceptors (Lipinski definition) is 3. The molecule has 3 nitrogen and oxygen atoms in total. The Kier molecular flexibility index (Phi) is 3.93. The first-order valence-corrected chi connectivity index (χ1v) is 5.62. The van der Waals surface area contributed by atoms with Gasteiger partial charge in [-0.25, -0.2) is 0 Å². The predicted molar refractivity (Wildman–Crippen MR) is 59.2 cm³/mol. The second-order valence-electron chi connectivity index (χ2n) is 5.09. The summed E-state index contributed by atoms with van der Waals surface area (Å²) >= 11 is 0. The van der Waals surface area contributed by atoms with Crippen LogP contribution in [-0.4, -0.2) is 40.8 Å². The molecule has 0 radical (unpaired) electrons. The van der Waals surface area contributed by atoms with Crippen LogP contribution in [-0.2, 0) is 0 Å². The first kappa shape index (κ1) is 12.0. The van der Waals surface area contributed by atoms with E-state index in [9.17, 15) is 0 Å². The molecule has 3 atom stereocenters. The van der Waals surface area contributed by atoms with Crippen LogP contribution in [0.5, 0.6) is 0 Å². The quantitative estimate of drug-likeness (QED) is 0.710. The van der Waals surface area contributed by atoms with Crippen molar-refractivity contribution < 1.29 is 5.11 Å². The molecule has 0 amide bonds. The zero-order valence-corrected chi connectivity index (χ0v) is 9.66. The third-order valence-corrected chi connectivity index (χ3v) is 3.29. The van der Waals surface area contributed by atoms with E-state index in [4.69, 9.17) is 10.8 Å². The van der Waals surface area contributed by atoms with Gasteiger partial charge >= 0.3 is 0 Å². The second-order valence-corrected chi connectivity index (χ2v) is 5.09. The summed E-state index contributed by atoms with van der Waals surface area (Å²) in [6.45, 7) is 7.66. The van der Waals surface area contributed by atoms with Gasteiger partial charge in [0.05, 0.1) is 6.61 Å². The van der Waals surface area contributed by atoms with Gasteiger partial charge in [-0.2, -0.15) is 0 Å². The number of nitrogens with two attached hydrogens (primary N) is 1. The number of nitrogens with zero attached hydrogens (tertiary/aromatic N) is 1. The van der Waals surface area contributed by atoms with Crippen LogP contribution in [0.4, 0.5) is 0 Å². The minimum Gasteiger partial charge on any atom is -0.394 e. The van der Waals surface area contributed by atoms with E-state index in [-0.39, 0.29) is 6.61 Å². The molecule has 0 saturated carbocycles. The SMILES string of the molecule is CC1CCCN1C(C)CC(C)(N)CO. The van der Waals surface area contributed by atoms with E-state index < -0.39 is 5.54 Å². The molecule has 1 heterocycles. The molecule has 0 spiro atoms. The van der Waals surface area contributed by atoms with Crippen molar-refractivity contribution in [2.24, 2.45) is 5.73 Å². The van der Waals surface area contributed by atoms with Gasteiger partial charge < -0.3 is 10.8 Å². The Morgan fingerprint density at radius 3 is 2.71 bits per heavy atom. The normalized spacial score (nSPS) is 30.2. The van der Waals surface area contributed by atoms with Gasteiger partial charge in [0.15, 0.2) is 0 Å². The molecule has 3 N–H and O–H groups in total. The summed E-state index contributed by atoms with van der Waals surface area (Å²) < 4.78 is 0. The van der Waals surface area contributed by atoms with E-state index in [1.54, 1.807) is 0 Å². The van der Waals surface area contributed by atoms with Crippen molar-refractivity contribution in [1.29, 1.82) is 0 Å². The molecule has 0 bridgehead atoms. The first-order chi connectivity index (χ1) is 6.46. The highest BCUT2D eigenvalue weighted by Crippen LogP contribution is 2.23. The van der Waals surface area contributed by atoms with E-state index in [1.807, 2.05) is 6.92 Å². The van der Waals surface area contributed by atoms with Gasteiger partial charge in [0.2, 0.25) is 0 Å². The Morgan fingerprint density at radius 1 is 1.64 bits per heavy atom. The van der Waals surface area contributed by atoms with Crippen LogP contribution in [0.3, 0.4) is 0 Å². The Bertz CT molecular complexity index is 182.